The van der Waals surface area contributed by atoms with Crippen molar-refractivity contribution in [3.63, 3.8) is 0 Å². The topological polar surface area (TPSA) is 82.9 Å². The summed E-state index contributed by atoms with van der Waals surface area (Å²) in [6.45, 7) is 3.50. The van der Waals surface area contributed by atoms with Crippen molar-refractivity contribution in [1.82, 2.24) is 15.3 Å². The molecule has 0 unspecified atom stereocenters. The van der Waals surface area contributed by atoms with Crippen molar-refractivity contribution < 1.29 is 4.74 Å². The zero-order valence-corrected chi connectivity index (χ0v) is 19.2. The summed E-state index contributed by atoms with van der Waals surface area (Å²) in [6, 6.07) is 11.0. The summed E-state index contributed by atoms with van der Waals surface area (Å²) >= 11 is 6.46. The van der Waals surface area contributed by atoms with Crippen LogP contribution in [0.15, 0.2) is 30.5 Å². The molecular formula is C24H32ClN5O. The molecule has 7 heteroatoms. The summed E-state index contributed by atoms with van der Waals surface area (Å²) in [5, 5.41) is 16.2. The van der Waals surface area contributed by atoms with E-state index in [1.165, 1.54) is 25.7 Å². The number of pyridine rings is 2. The molecule has 0 saturated heterocycles. The minimum absolute atomic E-state index is 0.393. The highest BCUT2D eigenvalue weighted by Crippen LogP contribution is 2.31. The van der Waals surface area contributed by atoms with Crippen molar-refractivity contribution >= 4 is 17.4 Å². The zero-order valence-electron chi connectivity index (χ0n) is 18.4. The van der Waals surface area contributed by atoms with Gasteiger partial charge < -0.3 is 15.4 Å². The molecule has 0 bridgehead atoms. The molecule has 166 valence electrons. The molecule has 2 aromatic heterocycles. The first-order valence-electron chi connectivity index (χ1n) is 11.1. The van der Waals surface area contributed by atoms with Gasteiger partial charge in [0.2, 0.25) is 0 Å². The first-order chi connectivity index (χ1) is 15.1. The van der Waals surface area contributed by atoms with Gasteiger partial charge in [0.25, 0.3) is 0 Å². The molecule has 2 heterocycles. The molecule has 31 heavy (non-hydrogen) atoms. The van der Waals surface area contributed by atoms with E-state index < -0.39 is 0 Å². The fraction of sp³-hybridized carbons (Fsp3) is 0.542. The number of rotatable bonds is 10. The van der Waals surface area contributed by atoms with Crippen LogP contribution in [0.2, 0.25) is 5.02 Å². The number of hydrogen-bond acceptors (Lipinski definition) is 6. The van der Waals surface area contributed by atoms with Gasteiger partial charge in [0.1, 0.15) is 5.82 Å². The van der Waals surface area contributed by atoms with E-state index in [4.69, 9.17) is 21.6 Å². The van der Waals surface area contributed by atoms with Crippen LogP contribution in [-0.4, -0.2) is 42.3 Å². The summed E-state index contributed by atoms with van der Waals surface area (Å²) in [4.78, 5) is 9.25. The van der Waals surface area contributed by atoms with Crippen molar-refractivity contribution in [1.29, 1.82) is 5.26 Å². The largest absolute Gasteiger partial charge is 0.383 e. The van der Waals surface area contributed by atoms with E-state index in [9.17, 15) is 0 Å². The van der Waals surface area contributed by atoms with E-state index in [0.29, 0.717) is 36.0 Å². The SMILES string of the molecule is COC[C@@H](C)NC1CCC(Cc2cc(-c3cccc(NCCC#N)n3)c(Cl)cn2)CC1. The predicted octanol–water partition coefficient (Wildman–Crippen LogP) is 4.85. The van der Waals surface area contributed by atoms with Crippen LogP contribution in [0.3, 0.4) is 0 Å². The molecule has 0 spiro atoms. The predicted molar refractivity (Wildman–Crippen MR) is 125 cm³/mol. The zero-order chi connectivity index (χ0) is 22.1. The highest BCUT2D eigenvalue weighted by Gasteiger charge is 2.23. The van der Waals surface area contributed by atoms with Crippen LogP contribution < -0.4 is 10.6 Å². The fourth-order valence-corrected chi connectivity index (χ4v) is 4.45. The van der Waals surface area contributed by atoms with Crippen molar-refractivity contribution in [2.75, 3.05) is 25.6 Å². The summed E-state index contributed by atoms with van der Waals surface area (Å²) in [5.41, 5.74) is 2.78. The van der Waals surface area contributed by atoms with Gasteiger partial charge in [-0.05, 0) is 63.1 Å². The number of hydrogen-bond donors (Lipinski definition) is 2. The average molecular weight is 442 g/mol. The van der Waals surface area contributed by atoms with Gasteiger partial charge >= 0.3 is 0 Å². The Labute approximate surface area is 190 Å². The maximum atomic E-state index is 8.71. The Morgan fingerprint density at radius 1 is 1.29 bits per heavy atom. The highest BCUT2D eigenvalue weighted by molar-refractivity contribution is 6.33. The summed E-state index contributed by atoms with van der Waals surface area (Å²) < 4.78 is 5.23. The van der Waals surface area contributed by atoms with Gasteiger partial charge in [-0.25, -0.2) is 4.98 Å². The standard InChI is InChI=1S/C24H32ClN5O/c1-17(16-31-2)29-19-9-7-18(8-10-19)13-20-14-21(22(25)15-28-20)23-5-3-6-24(30-23)27-12-4-11-26/h3,5-6,14-15,17-19,29H,4,7-10,12-13,16H2,1-2H3,(H,27,30)/t17-,18?,19?/m1/s1. The lowest BCUT2D eigenvalue weighted by atomic mass is 9.83. The van der Waals surface area contributed by atoms with Gasteiger partial charge in [-0.2, -0.15) is 5.26 Å². The maximum absolute atomic E-state index is 8.71. The third kappa shape index (κ3) is 7.17. The molecule has 1 saturated carbocycles. The summed E-state index contributed by atoms with van der Waals surface area (Å²) in [7, 11) is 1.75. The van der Waals surface area contributed by atoms with E-state index >= 15 is 0 Å². The number of nitrogens with one attached hydrogen (secondary N) is 2. The van der Waals surface area contributed by atoms with Crippen LogP contribution in [0.1, 0.15) is 44.7 Å². The number of nitriles is 1. The maximum Gasteiger partial charge on any atom is 0.126 e. The molecule has 1 atom stereocenters. The third-order valence-corrected chi connectivity index (χ3v) is 6.06. The molecule has 1 fully saturated rings. The van der Waals surface area contributed by atoms with Crippen LogP contribution in [0, 0.1) is 17.2 Å². The lowest BCUT2D eigenvalue weighted by Crippen LogP contribution is -2.41. The van der Waals surface area contributed by atoms with Crippen LogP contribution in [0.25, 0.3) is 11.3 Å². The number of aromatic nitrogens is 2. The second kappa shape index (κ2) is 12.0. The number of anilines is 1. The van der Waals surface area contributed by atoms with Gasteiger partial charge in [-0.1, -0.05) is 17.7 Å². The van der Waals surface area contributed by atoms with E-state index in [1.54, 1.807) is 13.3 Å². The highest BCUT2D eigenvalue weighted by atomic mass is 35.5. The fourth-order valence-electron chi connectivity index (χ4n) is 4.25. The molecule has 3 rings (SSSR count). The van der Waals surface area contributed by atoms with Crippen LogP contribution in [0.5, 0.6) is 0 Å². The normalized spacial score (nSPS) is 19.5. The van der Waals surface area contributed by atoms with Gasteiger partial charge in [-0.15, -0.1) is 0 Å². The van der Waals surface area contributed by atoms with Crippen LogP contribution >= 0.6 is 11.6 Å². The third-order valence-electron chi connectivity index (χ3n) is 5.76. The minimum Gasteiger partial charge on any atom is -0.383 e. The number of methoxy groups -OCH3 is 1. The first-order valence-corrected chi connectivity index (χ1v) is 11.4. The summed E-state index contributed by atoms with van der Waals surface area (Å²) in [6.07, 6.45) is 7.93. The lowest BCUT2D eigenvalue weighted by Gasteiger charge is -2.31. The smallest absolute Gasteiger partial charge is 0.126 e. The monoisotopic (exact) mass is 441 g/mol. The van der Waals surface area contributed by atoms with Crippen molar-refractivity contribution in [2.45, 2.75) is 57.5 Å². The second-order valence-electron chi connectivity index (χ2n) is 8.34. The van der Waals surface area contributed by atoms with Crippen LogP contribution in [-0.2, 0) is 11.2 Å². The van der Waals surface area contributed by atoms with Gasteiger partial charge in [0.05, 0.1) is 29.8 Å². The van der Waals surface area contributed by atoms with E-state index in [1.807, 2.05) is 18.2 Å². The minimum atomic E-state index is 0.393. The Morgan fingerprint density at radius 2 is 2.10 bits per heavy atom. The Balaban J connectivity index is 1.61. The van der Waals surface area contributed by atoms with E-state index in [0.717, 1.165) is 35.8 Å². The summed E-state index contributed by atoms with van der Waals surface area (Å²) in [5.74, 6) is 1.39. The Hall–Kier alpha value is -2.20. The molecule has 1 aliphatic carbocycles. The molecular weight excluding hydrogens is 410 g/mol. The number of halogens is 1. The number of ether oxygens (including phenoxy) is 1. The molecule has 6 nitrogen and oxygen atoms in total. The quantitative estimate of drug-likeness (QED) is 0.513. The van der Waals surface area contributed by atoms with Crippen molar-refractivity contribution in [2.24, 2.45) is 5.92 Å². The van der Waals surface area contributed by atoms with E-state index in [-0.39, 0.29) is 0 Å². The Morgan fingerprint density at radius 3 is 2.84 bits per heavy atom. The molecule has 0 aromatic carbocycles. The average Bonchev–Trinajstić information content (AvgIpc) is 2.77. The second-order valence-corrected chi connectivity index (χ2v) is 8.75. The number of nitrogens with zero attached hydrogens (tertiary/aromatic N) is 3. The van der Waals surface area contributed by atoms with Crippen molar-refractivity contribution in [3.8, 4) is 17.3 Å². The van der Waals surface area contributed by atoms with Gasteiger partial charge in [-0.3, -0.25) is 4.98 Å². The molecule has 0 amide bonds. The van der Waals surface area contributed by atoms with Gasteiger partial charge in [0, 0.05) is 43.2 Å². The molecule has 2 aromatic rings. The Bertz CT molecular complexity index is 877. The van der Waals surface area contributed by atoms with Crippen LogP contribution in [0.4, 0.5) is 5.82 Å². The van der Waals surface area contributed by atoms with E-state index in [2.05, 4.69) is 39.7 Å². The first kappa shape index (κ1) is 23.5. The molecule has 2 N–H and O–H groups in total. The van der Waals surface area contributed by atoms with Crippen molar-refractivity contribution in [3.05, 3.63) is 41.2 Å². The lowest BCUT2D eigenvalue weighted by molar-refractivity contribution is 0.158. The van der Waals surface area contributed by atoms with Gasteiger partial charge in [0.15, 0.2) is 0 Å². The molecule has 0 radical (unpaired) electrons. The molecule has 1 aliphatic rings. The molecule has 0 aliphatic heterocycles. The Kier molecular flexibility index (Phi) is 9.08.